The molecular formula is C18H27N3O3. The fraction of sp³-hybridized carbons (Fsp3) is 0.667. The Morgan fingerprint density at radius 3 is 3.08 bits per heavy atom. The lowest BCUT2D eigenvalue weighted by atomic mass is 10.1. The third kappa shape index (κ3) is 4.05. The summed E-state index contributed by atoms with van der Waals surface area (Å²) in [6.07, 6.45) is 2.85. The van der Waals surface area contributed by atoms with Crippen molar-refractivity contribution in [2.24, 2.45) is 5.92 Å². The number of H-pyrrole nitrogens is 1. The number of hydrogen-bond acceptors (Lipinski definition) is 4. The van der Waals surface area contributed by atoms with E-state index in [0.29, 0.717) is 19.1 Å². The van der Waals surface area contributed by atoms with Gasteiger partial charge in [-0.15, -0.1) is 0 Å². The lowest BCUT2D eigenvalue weighted by Crippen LogP contribution is -2.48. The van der Waals surface area contributed by atoms with Crippen LogP contribution in [0.15, 0.2) is 10.9 Å². The number of carbonyl (C=O) groups excluding carboxylic acids is 1. The van der Waals surface area contributed by atoms with E-state index in [2.05, 4.69) is 29.0 Å². The van der Waals surface area contributed by atoms with E-state index in [1.54, 1.807) is 6.07 Å². The predicted molar refractivity (Wildman–Crippen MR) is 92.4 cm³/mol. The number of aryl methyl sites for hydroxylation is 2. The highest BCUT2D eigenvalue weighted by atomic mass is 16.5. The van der Waals surface area contributed by atoms with Crippen molar-refractivity contribution in [2.75, 3.05) is 32.8 Å². The zero-order valence-corrected chi connectivity index (χ0v) is 14.6. The van der Waals surface area contributed by atoms with Gasteiger partial charge in [-0.3, -0.25) is 14.5 Å². The summed E-state index contributed by atoms with van der Waals surface area (Å²) < 4.78 is 5.74. The number of amides is 1. The number of pyridine rings is 1. The molecule has 1 aromatic heterocycles. The molecule has 0 saturated carbocycles. The molecule has 1 aliphatic heterocycles. The van der Waals surface area contributed by atoms with Crippen molar-refractivity contribution in [2.45, 2.75) is 39.2 Å². The Bertz CT molecular complexity index is 653. The highest BCUT2D eigenvalue weighted by Gasteiger charge is 2.23. The smallest absolute Gasteiger partial charge is 0.261 e. The van der Waals surface area contributed by atoms with Crippen LogP contribution in [0.5, 0.6) is 0 Å². The third-order valence-electron chi connectivity index (χ3n) is 4.67. The first-order chi connectivity index (χ1) is 11.5. The summed E-state index contributed by atoms with van der Waals surface area (Å²) in [5, 5.41) is 2.86. The number of aromatic amines is 1. The number of ether oxygens (including phenoxy) is 1. The first-order valence-corrected chi connectivity index (χ1v) is 8.90. The molecule has 2 N–H and O–H groups in total. The molecule has 2 aliphatic rings. The number of carbonyl (C=O) groups is 1. The van der Waals surface area contributed by atoms with Gasteiger partial charge in [-0.05, 0) is 36.8 Å². The minimum Gasteiger partial charge on any atom is -0.374 e. The fourth-order valence-corrected chi connectivity index (χ4v) is 3.57. The summed E-state index contributed by atoms with van der Waals surface area (Å²) in [5.74, 6) is 0.304. The Labute approximate surface area is 142 Å². The largest absolute Gasteiger partial charge is 0.374 e. The molecule has 0 spiro atoms. The monoisotopic (exact) mass is 333 g/mol. The van der Waals surface area contributed by atoms with Crippen LogP contribution in [0, 0.1) is 5.92 Å². The van der Waals surface area contributed by atoms with E-state index in [-0.39, 0.29) is 23.1 Å². The SMILES string of the molecule is CC(C)CN1CCOC(CNC(=O)c2cc3c([nH]c2=O)CCC3)C1. The van der Waals surface area contributed by atoms with E-state index >= 15 is 0 Å². The Kier molecular flexibility index (Phi) is 5.36. The Morgan fingerprint density at radius 2 is 2.29 bits per heavy atom. The van der Waals surface area contributed by atoms with Crippen molar-refractivity contribution >= 4 is 5.91 Å². The van der Waals surface area contributed by atoms with E-state index in [4.69, 9.17) is 4.74 Å². The maximum Gasteiger partial charge on any atom is 0.261 e. The number of rotatable bonds is 5. The van der Waals surface area contributed by atoms with Crippen LogP contribution in [0.25, 0.3) is 0 Å². The van der Waals surface area contributed by atoms with Gasteiger partial charge in [-0.1, -0.05) is 13.8 Å². The van der Waals surface area contributed by atoms with Crippen molar-refractivity contribution in [3.63, 3.8) is 0 Å². The summed E-state index contributed by atoms with van der Waals surface area (Å²) in [6, 6.07) is 1.75. The standard InChI is InChI=1S/C18H27N3O3/c1-12(2)10-21-6-7-24-14(11-21)9-19-17(22)15-8-13-4-3-5-16(13)20-18(15)23/h8,12,14H,3-7,9-11H2,1-2H3,(H,19,22)(H,20,23). The van der Waals surface area contributed by atoms with Crippen LogP contribution < -0.4 is 10.9 Å². The lowest BCUT2D eigenvalue weighted by Gasteiger charge is -2.33. The molecule has 1 saturated heterocycles. The molecular weight excluding hydrogens is 306 g/mol. The molecule has 6 nitrogen and oxygen atoms in total. The van der Waals surface area contributed by atoms with Crippen molar-refractivity contribution in [3.8, 4) is 0 Å². The molecule has 3 rings (SSSR count). The second-order valence-corrected chi connectivity index (χ2v) is 7.23. The van der Waals surface area contributed by atoms with E-state index in [1.165, 1.54) is 0 Å². The minimum absolute atomic E-state index is 0.0186. The number of nitrogens with zero attached hydrogens (tertiary/aromatic N) is 1. The molecule has 1 unspecified atom stereocenters. The van der Waals surface area contributed by atoms with Crippen LogP contribution in [0.2, 0.25) is 0 Å². The molecule has 1 aromatic rings. The van der Waals surface area contributed by atoms with Gasteiger partial charge in [0.2, 0.25) is 0 Å². The highest BCUT2D eigenvalue weighted by molar-refractivity contribution is 5.94. The van der Waals surface area contributed by atoms with Crippen LogP contribution in [-0.4, -0.2) is 54.7 Å². The molecule has 1 fully saturated rings. The molecule has 1 atom stereocenters. The molecule has 0 radical (unpaired) electrons. The van der Waals surface area contributed by atoms with Crippen LogP contribution in [0.4, 0.5) is 0 Å². The molecule has 1 amide bonds. The molecule has 0 aromatic carbocycles. The number of aromatic nitrogens is 1. The second-order valence-electron chi connectivity index (χ2n) is 7.23. The zero-order valence-electron chi connectivity index (χ0n) is 14.6. The molecule has 0 bridgehead atoms. The van der Waals surface area contributed by atoms with Crippen LogP contribution in [0.1, 0.15) is 41.9 Å². The fourth-order valence-electron chi connectivity index (χ4n) is 3.57. The first-order valence-electron chi connectivity index (χ1n) is 8.90. The summed E-state index contributed by atoms with van der Waals surface area (Å²) in [5.41, 5.74) is 2.00. The van der Waals surface area contributed by atoms with Crippen molar-refractivity contribution in [1.82, 2.24) is 15.2 Å². The molecule has 2 heterocycles. The van der Waals surface area contributed by atoms with Gasteiger partial charge in [0.1, 0.15) is 5.56 Å². The molecule has 132 valence electrons. The van der Waals surface area contributed by atoms with Gasteiger partial charge in [0.05, 0.1) is 12.7 Å². The van der Waals surface area contributed by atoms with E-state index in [1.807, 2.05) is 0 Å². The predicted octanol–water partition coefficient (Wildman–Crippen LogP) is 0.950. The average Bonchev–Trinajstić information content (AvgIpc) is 2.98. The van der Waals surface area contributed by atoms with E-state index in [9.17, 15) is 9.59 Å². The van der Waals surface area contributed by atoms with E-state index in [0.717, 1.165) is 50.2 Å². The van der Waals surface area contributed by atoms with Crippen LogP contribution in [-0.2, 0) is 17.6 Å². The van der Waals surface area contributed by atoms with Gasteiger partial charge in [0, 0.05) is 31.9 Å². The zero-order chi connectivity index (χ0) is 17.1. The van der Waals surface area contributed by atoms with Crippen molar-refractivity contribution in [1.29, 1.82) is 0 Å². The Morgan fingerprint density at radius 1 is 1.46 bits per heavy atom. The lowest BCUT2D eigenvalue weighted by molar-refractivity contribution is -0.0295. The number of hydrogen-bond donors (Lipinski definition) is 2. The second kappa shape index (κ2) is 7.49. The number of fused-ring (bicyclic) bond motifs is 1. The third-order valence-corrected chi connectivity index (χ3v) is 4.67. The summed E-state index contributed by atoms with van der Waals surface area (Å²) in [4.78, 5) is 29.7. The molecule has 1 aliphatic carbocycles. The molecule has 6 heteroatoms. The first kappa shape index (κ1) is 17.2. The van der Waals surface area contributed by atoms with Gasteiger partial charge >= 0.3 is 0 Å². The quantitative estimate of drug-likeness (QED) is 0.841. The Balaban J connectivity index is 1.57. The molecule has 24 heavy (non-hydrogen) atoms. The number of morpholine rings is 1. The van der Waals surface area contributed by atoms with Crippen molar-refractivity contribution < 1.29 is 9.53 Å². The van der Waals surface area contributed by atoms with Gasteiger partial charge in [-0.2, -0.15) is 0 Å². The van der Waals surface area contributed by atoms with Crippen molar-refractivity contribution in [3.05, 3.63) is 33.2 Å². The normalized spacial score (nSPS) is 21.0. The van der Waals surface area contributed by atoms with Gasteiger partial charge in [0.15, 0.2) is 0 Å². The van der Waals surface area contributed by atoms with Crippen LogP contribution >= 0.6 is 0 Å². The topological polar surface area (TPSA) is 74.4 Å². The summed E-state index contributed by atoms with van der Waals surface area (Å²) in [7, 11) is 0. The maximum atomic E-state index is 12.4. The van der Waals surface area contributed by atoms with E-state index < -0.39 is 0 Å². The average molecular weight is 333 g/mol. The summed E-state index contributed by atoms with van der Waals surface area (Å²) >= 11 is 0. The number of nitrogens with one attached hydrogen (secondary N) is 2. The minimum atomic E-state index is -0.310. The highest BCUT2D eigenvalue weighted by Crippen LogP contribution is 2.18. The maximum absolute atomic E-state index is 12.4. The van der Waals surface area contributed by atoms with Gasteiger partial charge in [0.25, 0.3) is 11.5 Å². The van der Waals surface area contributed by atoms with Gasteiger partial charge in [-0.25, -0.2) is 0 Å². The Hall–Kier alpha value is -1.66. The summed E-state index contributed by atoms with van der Waals surface area (Å²) in [6.45, 7) is 8.32. The van der Waals surface area contributed by atoms with Crippen LogP contribution in [0.3, 0.4) is 0 Å². The van der Waals surface area contributed by atoms with Gasteiger partial charge < -0.3 is 15.0 Å².